The summed E-state index contributed by atoms with van der Waals surface area (Å²) >= 11 is 6.19. The molecule has 20 heavy (non-hydrogen) atoms. The van der Waals surface area contributed by atoms with Crippen molar-refractivity contribution in [3.63, 3.8) is 0 Å². The van der Waals surface area contributed by atoms with E-state index in [1.54, 1.807) is 0 Å². The molecule has 2 heteroatoms. The van der Waals surface area contributed by atoms with Gasteiger partial charge in [0.2, 0.25) is 0 Å². The second-order valence-corrected chi connectivity index (χ2v) is 5.87. The molecule has 0 aliphatic heterocycles. The number of aryl methyl sites for hydroxylation is 2. The van der Waals surface area contributed by atoms with E-state index in [-0.39, 0.29) is 12.5 Å². The average molecular weight is 289 g/mol. The highest BCUT2D eigenvalue weighted by Crippen LogP contribution is 2.21. The van der Waals surface area contributed by atoms with Crippen molar-refractivity contribution in [2.24, 2.45) is 5.92 Å². The number of aliphatic hydroxyl groups excluding tert-OH is 1. The molecule has 0 amide bonds. The van der Waals surface area contributed by atoms with Gasteiger partial charge in [-0.25, -0.2) is 0 Å². The number of rotatable bonds is 5. The highest BCUT2D eigenvalue weighted by molar-refractivity contribution is 6.31. The minimum absolute atomic E-state index is 0.179. The zero-order valence-electron chi connectivity index (χ0n) is 12.1. The van der Waals surface area contributed by atoms with E-state index in [4.69, 9.17) is 11.6 Å². The minimum Gasteiger partial charge on any atom is -0.396 e. The summed E-state index contributed by atoms with van der Waals surface area (Å²) in [5.74, 6) is 0.206. The van der Waals surface area contributed by atoms with Crippen molar-refractivity contribution in [2.45, 2.75) is 26.7 Å². The topological polar surface area (TPSA) is 20.2 Å². The molecule has 2 aromatic rings. The fourth-order valence-electron chi connectivity index (χ4n) is 2.44. The highest BCUT2D eigenvalue weighted by Gasteiger charge is 2.12. The molecule has 1 atom stereocenters. The second kappa shape index (κ2) is 6.92. The van der Waals surface area contributed by atoms with Crippen LogP contribution in [-0.4, -0.2) is 11.7 Å². The SMILES string of the molecule is Cc1ccc(CC(CO)Cc2ccccc2Cl)cc1C. The van der Waals surface area contributed by atoms with E-state index in [1.807, 2.05) is 24.3 Å². The molecule has 0 saturated carbocycles. The fraction of sp³-hybridized carbons (Fsp3) is 0.333. The maximum atomic E-state index is 9.62. The minimum atomic E-state index is 0.179. The van der Waals surface area contributed by atoms with Gasteiger partial charge in [0.05, 0.1) is 0 Å². The summed E-state index contributed by atoms with van der Waals surface area (Å²) in [5, 5.41) is 10.4. The molecule has 0 bridgehead atoms. The fourth-order valence-corrected chi connectivity index (χ4v) is 2.65. The van der Waals surface area contributed by atoms with Gasteiger partial charge in [0, 0.05) is 11.6 Å². The van der Waals surface area contributed by atoms with Crippen LogP contribution in [0.5, 0.6) is 0 Å². The first-order chi connectivity index (χ1) is 9.60. The number of benzene rings is 2. The van der Waals surface area contributed by atoms with E-state index in [9.17, 15) is 5.11 Å². The molecular formula is C18H21ClO. The van der Waals surface area contributed by atoms with E-state index < -0.39 is 0 Å². The van der Waals surface area contributed by atoms with Crippen LogP contribution in [0.2, 0.25) is 5.02 Å². The van der Waals surface area contributed by atoms with Crippen LogP contribution >= 0.6 is 11.6 Å². The number of hydrogen-bond donors (Lipinski definition) is 1. The van der Waals surface area contributed by atoms with E-state index in [0.717, 1.165) is 23.4 Å². The monoisotopic (exact) mass is 288 g/mol. The summed E-state index contributed by atoms with van der Waals surface area (Å²) in [5.41, 5.74) is 4.99. The molecular weight excluding hydrogens is 268 g/mol. The standard InChI is InChI=1S/C18H21ClO/c1-13-7-8-15(9-14(13)2)10-16(12-20)11-17-5-3-4-6-18(17)19/h3-9,16,20H,10-12H2,1-2H3. The van der Waals surface area contributed by atoms with Crippen LogP contribution in [0.15, 0.2) is 42.5 Å². The van der Waals surface area contributed by atoms with Crippen molar-refractivity contribution >= 4 is 11.6 Å². The van der Waals surface area contributed by atoms with Gasteiger partial charge in [-0.15, -0.1) is 0 Å². The van der Waals surface area contributed by atoms with Gasteiger partial charge < -0.3 is 5.11 Å². The molecule has 0 aromatic heterocycles. The third kappa shape index (κ3) is 3.84. The predicted molar refractivity (Wildman–Crippen MR) is 85.4 cm³/mol. The molecule has 0 aliphatic rings. The maximum Gasteiger partial charge on any atom is 0.0465 e. The van der Waals surface area contributed by atoms with Gasteiger partial charge in [0.25, 0.3) is 0 Å². The maximum absolute atomic E-state index is 9.62. The Hall–Kier alpha value is -1.31. The average Bonchev–Trinajstić information content (AvgIpc) is 2.44. The molecule has 1 N–H and O–H groups in total. The van der Waals surface area contributed by atoms with Gasteiger partial charge >= 0.3 is 0 Å². The van der Waals surface area contributed by atoms with Crippen molar-refractivity contribution in [3.8, 4) is 0 Å². The normalized spacial score (nSPS) is 12.4. The highest BCUT2D eigenvalue weighted by atomic mass is 35.5. The van der Waals surface area contributed by atoms with Crippen LogP contribution in [0.1, 0.15) is 22.3 Å². The number of aliphatic hydroxyl groups is 1. The van der Waals surface area contributed by atoms with Gasteiger partial charge in [0.15, 0.2) is 0 Å². The Kier molecular flexibility index (Phi) is 5.22. The van der Waals surface area contributed by atoms with Gasteiger partial charge in [-0.05, 0) is 60.9 Å². The molecule has 2 rings (SSSR count). The van der Waals surface area contributed by atoms with Crippen molar-refractivity contribution in [3.05, 3.63) is 69.7 Å². The first-order valence-electron chi connectivity index (χ1n) is 7.00. The van der Waals surface area contributed by atoms with Crippen molar-refractivity contribution in [2.75, 3.05) is 6.61 Å². The quantitative estimate of drug-likeness (QED) is 0.867. The lowest BCUT2D eigenvalue weighted by molar-refractivity contribution is 0.225. The van der Waals surface area contributed by atoms with Crippen LogP contribution in [-0.2, 0) is 12.8 Å². The van der Waals surface area contributed by atoms with E-state index >= 15 is 0 Å². The summed E-state index contributed by atoms with van der Waals surface area (Å²) in [7, 11) is 0. The Morgan fingerprint density at radius 1 is 1.00 bits per heavy atom. The van der Waals surface area contributed by atoms with Crippen LogP contribution in [0, 0.1) is 19.8 Å². The van der Waals surface area contributed by atoms with Crippen molar-refractivity contribution in [1.29, 1.82) is 0 Å². The molecule has 106 valence electrons. The molecule has 1 nitrogen and oxygen atoms in total. The Labute approximate surface area is 126 Å². The van der Waals surface area contributed by atoms with Crippen LogP contribution in [0.25, 0.3) is 0 Å². The second-order valence-electron chi connectivity index (χ2n) is 5.47. The first kappa shape index (κ1) is 15.1. The smallest absolute Gasteiger partial charge is 0.0465 e. The van der Waals surface area contributed by atoms with E-state index in [2.05, 4.69) is 32.0 Å². The zero-order valence-corrected chi connectivity index (χ0v) is 12.8. The van der Waals surface area contributed by atoms with Crippen LogP contribution in [0.4, 0.5) is 0 Å². The molecule has 0 heterocycles. The third-order valence-electron chi connectivity index (χ3n) is 3.82. The van der Waals surface area contributed by atoms with E-state index in [1.165, 1.54) is 16.7 Å². The van der Waals surface area contributed by atoms with E-state index in [0.29, 0.717) is 0 Å². The summed E-state index contributed by atoms with van der Waals surface area (Å²) in [6, 6.07) is 14.4. The molecule has 0 saturated heterocycles. The van der Waals surface area contributed by atoms with Gasteiger partial charge in [-0.1, -0.05) is 48.0 Å². The Bertz CT molecular complexity index is 577. The van der Waals surface area contributed by atoms with Gasteiger partial charge in [-0.3, -0.25) is 0 Å². The third-order valence-corrected chi connectivity index (χ3v) is 4.19. The Balaban J connectivity index is 2.09. The lowest BCUT2D eigenvalue weighted by Crippen LogP contribution is -2.13. The largest absolute Gasteiger partial charge is 0.396 e. The molecule has 0 aliphatic carbocycles. The van der Waals surface area contributed by atoms with Crippen LogP contribution < -0.4 is 0 Å². The molecule has 0 radical (unpaired) electrons. The van der Waals surface area contributed by atoms with Crippen molar-refractivity contribution in [1.82, 2.24) is 0 Å². The number of hydrogen-bond acceptors (Lipinski definition) is 1. The molecule has 0 fully saturated rings. The number of halogens is 1. The zero-order chi connectivity index (χ0) is 14.5. The summed E-state index contributed by atoms with van der Waals surface area (Å²) < 4.78 is 0. The molecule has 1 unspecified atom stereocenters. The lowest BCUT2D eigenvalue weighted by Gasteiger charge is -2.16. The summed E-state index contributed by atoms with van der Waals surface area (Å²) in [6.07, 6.45) is 1.69. The summed E-state index contributed by atoms with van der Waals surface area (Å²) in [4.78, 5) is 0. The molecule has 0 spiro atoms. The first-order valence-corrected chi connectivity index (χ1v) is 7.38. The lowest BCUT2D eigenvalue weighted by atomic mass is 9.92. The Morgan fingerprint density at radius 3 is 2.40 bits per heavy atom. The summed E-state index contributed by atoms with van der Waals surface area (Å²) in [6.45, 7) is 4.42. The molecule has 2 aromatic carbocycles. The van der Waals surface area contributed by atoms with Crippen LogP contribution in [0.3, 0.4) is 0 Å². The van der Waals surface area contributed by atoms with Gasteiger partial charge in [0.1, 0.15) is 0 Å². The predicted octanol–water partition coefficient (Wildman–Crippen LogP) is 4.35. The van der Waals surface area contributed by atoms with Gasteiger partial charge in [-0.2, -0.15) is 0 Å². The van der Waals surface area contributed by atoms with Crippen molar-refractivity contribution < 1.29 is 5.11 Å². The Morgan fingerprint density at radius 2 is 1.75 bits per heavy atom.